The van der Waals surface area contributed by atoms with Crippen LogP contribution >= 0.6 is 11.6 Å². The van der Waals surface area contributed by atoms with E-state index in [0.717, 1.165) is 31.2 Å². The first kappa shape index (κ1) is 16.7. The van der Waals surface area contributed by atoms with Gasteiger partial charge < -0.3 is 5.11 Å². The molecule has 1 aliphatic rings. The summed E-state index contributed by atoms with van der Waals surface area (Å²) < 4.78 is 27.0. The molecule has 0 saturated carbocycles. The van der Waals surface area contributed by atoms with Crippen LogP contribution in [-0.2, 0) is 16.4 Å². The molecule has 1 fully saturated rings. The second-order valence-electron chi connectivity index (χ2n) is 5.36. The molecular weight excluding hydrogens is 310 g/mol. The van der Waals surface area contributed by atoms with E-state index in [1.54, 1.807) is 16.4 Å². The highest BCUT2D eigenvalue weighted by atomic mass is 35.5. The maximum Gasteiger partial charge on any atom is 0.243 e. The van der Waals surface area contributed by atoms with Crippen LogP contribution in [0.2, 0.25) is 0 Å². The third-order valence-electron chi connectivity index (χ3n) is 3.93. The van der Waals surface area contributed by atoms with Gasteiger partial charge in [0.15, 0.2) is 0 Å². The van der Waals surface area contributed by atoms with Crippen molar-refractivity contribution < 1.29 is 13.5 Å². The standard InChI is InChI=1S/C15H22ClNO3S/c16-10-9-13-5-7-15(8-6-13)21(19,20)17-11-1-3-14(17)4-2-12-18/h5-8,14,18H,1-4,9-12H2. The summed E-state index contributed by atoms with van der Waals surface area (Å²) in [4.78, 5) is 0.344. The summed E-state index contributed by atoms with van der Waals surface area (Å²) >= 11 is 5.69. The van der Waals surface area contributed by atoms with Crippen molar-refractivity contribution in [1.29, 1.82) is 0 Å². The number of aliphatic hydroxyl groups excluding tert-OH is 1. The SMILES string of the molecule is O=S(=O)(c1ccc(CCCl)cc1)N1CCCC1CCCO. The van der Waals surface area contributed by atoms with Crippen molar-refractivity contribution in [3.8, 4) is 0 Å². The minimum Gasteiger partial charge on any atom is -0.396 e. The molecule has 0 aliphatic carbocycles. The fourth-order valence-electron chi connectivity index (χ4n) is 2.81. The van der Waals surface area contributed by atoms with Crippen molar-refractivity contribution in [2.75, 3.05) is 19.0 Å². The Bertz CT molecular complexity index is 545. The smallest absolute Gasteiger partial charge is 0.243 e. The zero-order valence-corrected chi connectivity index (χ0v) is 13.6. The quantitative estimate of drug-likeness (QED) is 0.780. The van der Waals surface area contributed by atoms with Crippen molar-refractivity contribution in [2.45, 2.75) is 43.0 Å². The number of halogens is 1. The van der Waals surface area contributed by atoms with Crippen LogP contribution < -0.4 is 0 Å². The molecule has 4 nitrogen and oxygen atoms in total. The summed E-state index contributed by atoms with van der Waals surface area (Å²) in [6, 6.07) is 7.00. The molecule has 1 N–H and O–H groups in total. The minimum atomic E-state index is -3.43. The summed E-state index contributed by atoms with van der Waals surface area (Å²) in [7, 11) is -3.43. The summed E-state index contributed by atoms with van der Waals surface area (Å²) in [5.74, 6) is 0.529. The maximum absolute atomic E-state index is 12.7. The number of rotatable bonds is 7. The van der Waals surface area contributed by atoms with Gasteiger partial charge in [-0.2, -0.15) is 4.31 Å². The summed E-state index contributed by atoms with van der Waals surface area (Å²) in [5, 5.41) is 8.93. The van der Waals surface area contributed by atoms with Gasteiger partial charge in [-0.15, -0.1) is 11.6 Å². The number of benzene rings is 1. The molecule has 1 unspecified atom stereocenters. The molecule has 1 aromatic rings. The lowest BCUT2D eigenvalue weighted by molar-refractivity contribution is 0.264. The highest BCUT2D eigenvalue weighted by Gasteiger charge is 2.34. The predicted molar refractivity (Wildman–Crippen MR) is 84.1 cm³/mol. The number of nitrogens with zero attached hydrogens (tertiary/aromatic N) is 1. The van der Waals surface area contributed by atoms with Crippen molar-refractivity contribution in [3.63, 3.8) is 0 Å². The molecule has 118 valence electrons. The Morgan fingerprint density at radius 2 is 2.00 bits per heavy atom. The molecule has 2 rings (SSSR count). The first-order valence-corrected chi connectivity index (χ1v) is 9.34. The number of aryl methyl sites for hydroxylation is 1. The van der Waals surface area contributed by atoms with E-state index >= 15 is 0 Å². The molecule has 1 heterocycles. The second-order valence-corrected chi connectivity index (χ2v) is 7.63. The Morgan fingerprint density at radius 1 is 1.29 bits per heavy atom. The lowest BCUT2D eigenvalue weighted by Gasteiger charge is -2.24. The fraction of sp³-hybridized carbons (Fsp3) is 0.600. The largest absolute Gasteiger partial charge is 0.396 e. The first-order chi connectivity index (χ1) is 10.1. The average Bonchev–Trinajstić information content (AvgIpc) is 2.95. The van der Waals surface area contributed by atoms with E-state index in [1.807, 2.05) is 12.1 Å². The van der Waals surface area contributed by atoms with Crippen LogP contribution in [0.15, 0.2) is 29.2 Å². The molecule has 0 bridgehead atoms. The van der Waals surface area contributed by atoms with Crippen LogP contribution in [0.4, 0.5) is 0 Å². The summed E-state index contributed by atoms with van der Waals surface area (Å²) in [6.07, 6.45) is 3.87. The van der Waals surface area contributed by atoms with Gasteiger partial charge in [0.05, 0.1) is 4.90 Å². The molecule has 6 heteroatoms. The van der Waals surface area contributed by atoms with E-state index in [0.29, 0.717) is 23.7 Å². The minimum absolute atomic E-state index is 0.0182. The maximum atomic E-state index is 12.7. The van der Waals surface area contributed by atoms with Crippen molar-refractivity contribution in [2.24, 2.45) is 0 Å². The number of hydrogen-bond donors (Lipinski definition) is 1. The molecule has 0 radical (unpaired) electrons. The summed E-state index contributed by atoms with van der Waals surface area (Å²) in [6.45, 7) is 0.680. The van der Waals surface area contributed by atoms with Gasteiger partial charge in [-0.3, -0.25) is 0 Å². The van der Waals surface area contributed by atoms with Crippen molar-refractivity contribution in [3.05, 3.63) is 29.8 Å². The molecule has 1 aromatic carbocycles. The predicted octanol–water partition coefficient (Wildman–Crippen LogP) is 2.39. The zero-order chi connectivity index (χ0) is 15.3. The molecule has 0 aromatic heterocycles. The van der Waals surface area contributed by atoms with Gasteiger partial charge in [-0.05, 0) is 49.8 Å². The van der Waals surface area contributed by atoms with Crippen molar-refractivity contribution >= 4 is 21.6 Å². The lowest BCUT2D eigenvalue weighted by Crippen LogP contribution is -2.35. The van der Waals surface area contributed by atoms with Gasteiger partial charge in [-0.25, -0.2) is 8.42 Å². The number of sulfonamides is 1. The van der Waals surface area contributed by atoms with Crippen LogP contribution in [0.25, 0.3) is 0 Å². The van der Waals surface area contributed by atoms with Crippen molar-refractivity contribution in [1.82, 2.24) is 4.31 Å². The van der Waals surface area contributed by atoms with Crippen LogP contribution in [0.3, 0.4) is 0 Å². The zero-order valence-electron chi connectivity index (χ0n) is 12.0. The van der Waals surface area contributed by atoms with Gasteiger partial charge in [0.2, 0.25) is 10.0 Å². The number of aliphatic hydroxyl groups is 1. The van der Waals surface area contributed by atoms with E-state index in [-0.39, 0.29) is 12.6 Å². The van der Waals surface area contributed by atoms with Gasteiger partial charge in [0, 0.05) is 25.1 Å². The Balaban J connectivity index is 2.16. The van der Waals surface area contributed by atoms with E-state index in [1.165, 1.54) is 0 Å². The number of hydrogen-bond acceptors (Lipinski definition) is 3. The van der Waals surface area contributed by atoms with Crippen LogP contribution in [0.5, 0.6) is 0 Å². The van der Waals surface area contributed by atoms with Gasteiger partial charge >= 0.3 is 0 Å². The Labute approximate surface area is 131 Å². The van der Waals surface area contributed by atoms with E-state index < -0.39 is 10.0 Å². The summed E-state index contributed by atoms with van der Waals surface area (Å²) in [5.41, 5.74) is 1.04. The highest BCUT2D eigenvalue weighted by molar-refractivity contribution is 7.89. The molecule has 21 heavy (non-hydrogen) atoms. The Morgan fingerprint density at radius 3 is 2.62 bits per heavy atom. The molecule has 0 spiro atoms. The topological polar surface area (TPSA) is 57.6 Å². The van der Waals surface area contributed by atoms with Crippen LogP contribution in [0, 0.1) is 0 Å². The van der Waals surface area contributed by atoms with Crippen LogP contribution in [-0.4, -0.2) is 42.9 Å². The highest BCUT2D eigenvalue weighted by Crippen LogP contribution is 2.28. The normalized spacial score (nSPS) is 20.0. The Kier molecular flexibility index (Phi) is 6.05. The van der Waals surface area contributed by atoms with E-state index in [4.69, 9.17) is 16.7 Å². The molecule has 1 aliphatic heterocycles. The van der Waals surface area contributed by atoms with Gasteiger partial charge in [-0.1, -0.05) is 12.1 Å². The second kappa shape index (κ2) is 7.58. The fourth-order valence-corrected chi connectivity index (χ4v) is 4.76. The first-order valence-electron chi connectivity index (χ1n) is 7.37. The van der Waals surface area contributed by atoms with Crippen LogP contribution in [0.1, 0.15) is 31.2 Å². The molecule has 1 saturated heterocycles. The molecule has 0 amide bonds. The monoisotopic (exact) mass is 331 g/mol. The molecule has 1 atom stereocenters. The van der Waals surface area contributed by atoms with E-state index in [2.05, 4.69) is 0 Å². The van der Waals surface area contributed by atoms with E-state index in [9.17, 15) is 8.42 Å². The third kappa shape index (κ3) is 3.97. The number of alkyl halides is 1. The lowest BCUT2D eigenvalue weighted by atomic mass is 10.1. The molecular formula is C15H22ClNO3S. The van der Waals surface area contributed by atoms with Gasteiger partial charge in [0.1, 0.15) is 0 Å². The Hall–Kier alpha value is -0.620. The van der Waals surface area contributed by atoms with Gasteiger partial charge in [0.25, 0.3) is 0 Å². The third-order valence-corrected chi connectivity index (χ3v) is 6.09. The average molecular weight is 332 g/mol.